The number of amides is 1. The van der Waals surface area contributed by atoms with Crippen LogP contribution in [0.2, 0.25) is 10.0 Å². The Kier molecular flexibility index (Phi) is 7.86. The van der Waals surface area contributed by atoms with Gasteiger partial charge in [-0.3, -0.25) is 14.9 Å². The summed E-state index contributed by atoms with van der Waals surface area (Å²) in [5.74, 6) is 1.11. The molecule has 7 nitrogen and oxygen atoms in total. The molecule has 0 unspecified atom stereocenters. The number of carbonyl (C=O) groups is 1. The molecular formula is C30H27Cl2N3O4S. The van der Waals surface area contributed by atoms with Crippen LogP contribution in [0.3, 0.4) is 0 Å². The average molecular weight is 597 g/mol. The first-order chi connectivity index (χ1) is 19.0. The number of hydrogen-bond acceptors (Lipinski definition) is 6. The topological polar surface area (TPSA) is 97.7 Å². The molecule has 4 aromatic rings. The molecule has 1 aliphatic rings. The summed E-state index contributed by atoms with van der Waals surface area (Å²) in [5, 5.41) is 15.7. The second kappa shape index (κ2) is 11.2. The van der Waals surface area contributed by atoms with Crippen LogP contribution in [-0.4, -0.2) is 17.0 Å². The molecule has 0 saturated heterocycles. The van der Waals surface area contributed by atoms with Gasteiger partial charge in [0.1, 0.15) is 16.5 Å². The highest BCUT2D eigenvalue weighted by Crippen LogP contribution is 2.45. The fourth-order valence-electron chi connectivity index (χ4n) is 4.87. The van der Waals surface area contributed by atoms with Gasteiger partial charge in [0, 0.05) is 33.3 Å². The number of nitrogens with zero attached hydrogens (tertiary/aromatic N) is 2. The molecule has 0 spiro atoms. The number of anilines is 1. The number of carbonyl (C=O) groups excluding carboxylic acids is 1. The zero-order valence-corrected chi connectivity index (χ0v) is 24.5. The number of halogens is 2. The Bertz CT molecular complexity index is 1620. The minimum atomic E-state index is -0.482. The maximum atomic E-state index is 13.6. The molecule has 0 bridgehead atoms. The van der Waals surface area contributed by atoms with E-state index >= 15 is 0 Å². The Morgan fingerprint density at radius 3 is 2.60 bits per heavy atom. The van der Waals surface area contributed by atoms with Crippen molar-refractivity contribution in [2.75, 3.05) is 5.32 Å². The van der Waals surface area contributed by atoms with E-state index in [4.69, 9.17) is 32.6 Å². The fraction of sp³-hybridized carbons (Fsp3) is 0.267. The van der Waals surface area contributed by atoms with Crippen molar-refractivity contribution in [1.82, 2.24) is 0 Å². The highest BCUT2D eigenvalue weighted by atomic mass is 35.5. The summed E-state index contributed by atoms with van der Waals surface area (Å²) in [6, 6.07) is 14.6. The van der Waals surface area contributed by atoms with Crippen molar-refractivity contribution in [2.45, 2.75) is 40.0 Å². The molecule has 2 aromatic heterocycles. The molecule has 1 N–H and O–H groups in total. The molecule has 206 valence electrons. The molecule has 1 aliphatic carbocycles. The number of aliphatic imine (C=N–C) groups is 1. The Morgan fingerprint density at radius 2 is 1.90 bits per heavy atom. The normalized spacial score (nSPS) is 15.3. The van der Waals surface area contributed by atoms with E-state index in [1.54, 1.807) is 42.6 Å². The van der Waals surface area contributed by atoms with E-state index < -0.39 is 4.92 Å². The summed E-state index contributed by atoms with van der Waals surface area (Å²) in [6.07, 6.45) is 4.27. The lowest BCUT2D eigenvalue weighted by Crippen LogP contribution is -2.27. The van der Waals surface area contributed by atoms with Crippen LogP contribution >= 0.6 is 34.5 Å². The molecule has 10 heteroatoms. The summed E-state index contributed by atoms with van der Waals surface area (Å²) in [6.45, 7) is 6.77. The lowest BCUT2D eigenvalue weighted by Gasteiger charge is -2.33. The Balaban J connectivity index is 1.47. The van der Waals surface area contributed by atoms with Gasteiger partial charge < -0.3 is 9.73 Å². The van der Waals surface area contributed by atoms with Crippen LogP contribution in [0.25, 0.3) is 11.3 Å². The van der Waals surface area contributed by atoms with E-state index in [9.17, 15) is 14.9 Å². The van der Waals surface area contributed by atoms with Crippen LogP contribution < -0.4 is 5.32 Å². The first kappa shape index (κ1) is 28.1. The number of nitrogens with one attached hydrogen (secondary N) is 1. The Hall–Kier alpha value is -3.46. The number of thiophene rings is 1. The monoisotopic (exact) mass is 595 g/mol. The first-order valence-corrected chi connectivity index (χ1v) is 14.4. The lowest BCUT2D eigenvalue weighted by atomic mass is 9.72. The SMILES string of the molecule is CC(C)(C)[C@@H]1CCc2c(sc(N=Cc3ccc(-c4cc([N+](=O)[O-])ccc4Cl)o3)c2C(=O)Nc2ccc(Cl)cc2)C1. The van der Waals surface area contributed by atoms with Crippen LogP contribution in [0.1, 0.15) is 53.8 Å². The number of rotatable bonds is 6. The van der Waals surface area contributed by atoms with Crippen molar-refractivity contribution in [1.29, 1.82) is 0 Å². The third-order valence-corrected chi connectivity index (χ3v) is 8.91. The van der Waals surface area contributed by atoms with Gasteiger partial charge in [0.15, 0.2) is 0 Å². The molecule has 0 saturated carbocycles. The largest absolute Gasteiger partial charge is 0.455 e. The first-order valence-electron chi connectivity index (χ1n) is 12.8. The van der Waals surface area contributed by atoms with Gasteiger partial charge in [-0.05, 0) is 78.6 Å². The molecular weight excluding hydrogens is 569 g/mol. The van der Waals surface area contributed by atoms with Crippen LogP contribution in [-0.2, 0) is 12.8 Å². The van der Waals surface area contributed by atoms with Gasteiger partial charge in [-0.25, -0.2) is 4.99 Å². The van der Waals surface area contributed by atoms with Gasteiger partial charge in [-0.15, -0.1) is 11.3 Å². The van der Waals surface area contributed by atoms with Crippen LogP contribution in [0.4, 0.5) is 16.4 Å². The minimum Gasteiger partial charge on any atom is -0.455 e. The zero-order valence-electron chi connectivity index (χ0n) is 22.2. The molecule has 40 heavy (non-hydrogen) atoms. The van der Waals surface area contributed by atoms with Gasteiger partial charge in [0.25, 0.3) is 11.6 Å². The maximum absolute atomic E-state index is 13.6. The summed E-state index contributed by atoms with van der Waals surface area (Å²) < 4.78 is 5.91. The number of furan rings is 1. The van der Waals surface area contributed by atoms with E-state index in [0.29, 0.717) is 49.3 Å². The van der Waals surface area contributed by atoms with Crippen LogP contribution in [0.15, 0.2) is 64.0 Å². The van der Waals surface area contributed by atoms with Gasteiger partial charge >= 0.3 is 0 Å². The number of fused-ring (bicyclic) bond motifs is 1. The van der Waals surface area contributed by atoms with Crippen molar-refractivity contribution in [3.63, 3.8) is 0 Å². The van der Waals surface area contributed by atoms with Crippen molar-refractivity contribution in [2.24, 2.45) is 16.3 Å². The van der Waals surface area contributed by atoms with E-state index in [2.05, 4.69) is 26.1 Å². The summed E-state index contributed by atoms with van der Waals surface area (Å²) in [4.78, 5) is 30.2. The molecule has 0 fully saturated rings. The van der Waals surface area contributed by atoms with Gasteiger partial charge in [-0.2, -0.15) is 0 Å². The van der Waals surface area contributed by atoms with E-state index in [-0.39, 0.29) is 17.0 Å². The van der Waals surface area contributed by atoms with Gasteiger partial charge in [-0.1, -0.05) is 44.0 Å². The summed E-state index contributed by atoms with van der Waals surface area (Å²) in [7, 11) is 0. The van der Waals surface area contributed by atoms with E-state index in [1.165, 1.54) is 34.4 Å². The molecule has 0 radical (unpaired) electrons. The minimum absolute atomic E-state index is 0.0833. The standard InChI is InChI=1S/C30H27Cl2N3O4S/c1-30(2,3)17-4-11-22-26(14-17)40-29(27(22)28(36)34-19-7-5-18(31)6-8-19)33-16-21-10-13-25(39-21)23-15-20(35(37)38)9-12-24(23)32/h5-10,12-13,15-17H,4,11,14H2,1-3H3,(H,34,36)/t17-/m1/s1. The number of hydrogen-bond donors (Lipinski definition) is 1. The van der Waals surface area contributed by atoms with Gasteiger partial charge in [0.2, 0.25) is 0 Å². The number of nitro groups is 1. The second-order valence-corrected chi connectivity index (χ2v) is 12.8. The fourth-order valence-corrected chi connectivity index (χ4v) is 6.47. The molecule has 0 aliphatic heterocycles. The molecule has 1 atom stereocenters. The highest BCUT2D eigenvalue weighted by Gasteiger charge is 2.33. The molecule has 5 rings (SSSR count). The summed E-state index contributed by atoms with van der Waals surface area (Å²) in [5.41, 5.74) is 2.77. The van der Waals surface area contributed by atoms with Crippen molar-refractivity contribution >= 4 is 63.0 Å². The second-order valence-electron chi connectivity index (χ2n) is 10.8. The highest BCUT2D eigenvalue weighted by molar-refractivity contribution is 7.16. The van der Waals surface area contributed by atoms with Crippen molar-refractivity contribution in [3.8, 4) is 11.3 Å². The Labute approximate surface area is 246 Å². The van der Waals surface area contributed by atoms with E-state index in [1.807, 2.05) is 0 Å². The number of non-ortho nitro benzene ring substituents is 1. The molecule has 1 amide bonds. The van der Waals surface area contributed by atoms with Crippen LogP contribution in [0, 0.1) is 21.4 Å². The predicted octanol–water partition coefficient (Wildman–Crippen LogP) is 9.38. The quantitative estimate of drug-likeness (QED) is 0.136. The predicted molar refractivity (Wildman–Crippen MR) is 162 cm³/mol. The zero-order chi connectivity index (χ0) is 28.6. The lowest BCUT2D eigenvalue weighted by molar-refractivity contribution is -0.384. The third kappa shape index (κ3) is 5.99. The van der Waals surface area contributed by atoms with Crippen LogP contribution in [0.5, 0.6) is 0 Å². The number of benzene rings is 2. The Morgan fingerprint density at radius 1 is 1.15 bits per heavy atom. The average Bonchev–Trinajstić information content (AvgIpc) is 3.52. The van der Waals surface area contributed by atoms with Crippen molar-refractivity contribution < 1.29 is 14.1 Å². The molecule has 2 heterocycles. The van der Waals surface area contributed by atoms with E-state index in [0.717, 1.165) is 24.8 Å². The molecule has 2 aromatic carbocycles. The number of nitro benzene ring substituents is 1. The maximum Gasteiger partial charge on any atom is 0.270 e. The smallest absolute Gasteiger partial charge is 0.270 e. The third-order valence-electron chi connectivity index (χ3n) is 7.16. The van der Waals surface area contributed by atoms with Crippen molar-refractivity contribution in [3.05, 3.63) is 96.5 Å². The summed E-state index contributed by atoms with van der Waals surface area (Å²) >= 11 is 13.8. The van der Waals surface area contributed by atoms with Gasteiger partial charge in [0.05, 0.1) is 21.7 Å².